The SMILES string of the molecule is Cc1cc(Nc2c(F)cccc2F)nc(Nc2ccc(N3CCCCC3)cc2)n1. The standard InChI is InChI=1S/C22H23F2N5/c1-15-14-20(27-21-18(23)6-5-7-19(21)24)28-22(25-15)26-16-8-10-17(11-9-16)29-12-3-2-4-13-29/h5-11,14H,2-4,12-13H2,1H3,(H2,25,26,27,28). The normalized spacial score (nSPS) is 14.0. The predicted octanol–water partition coefficient (Wildman–Crippen LogP) is 5.54. The number of nitrogens with zero attached hydrogens (tertiary/aromatic N) is 3. The topological polar surface area (TPSA) is 53.1 Å². The Balaban J connectivity index is 1.50. The van der Waals surface area contributed by atoms with Crippen molar-refractivity contribution in [3.05, 3.63) is 65.9 Å². The molecule has 3 aromatic rings. The number of halogens is 2. The van der Waals surface area contributed by atoms with E-state index in [1.807, 2.05) is 12.1 Å². The Bertz CT molecular complexity index is 965. The molecule has 0 bridgehead atoms. The van der Waals surface area contributed by atoms with Crippen molar-refractivity contribution in [2.75, 3.05) is 28.6 Å². The maximum Gasteiger partial charge on any atom is 0.229 e. The molecule has 150 valence electrons. The molecule has 1 aliphatic heterocycles. The number of rotatable bonds is 5. The average molecular weight is 395 g/mol. The molecule has 0 amide bonds. The second kappa shape index (κ2) is 8.43. The van der Waals surface area contributed by atoms with Gasteiger partial charge in [0.1, 0.15) is 23.1 Å². The van der Waals surface area contributed by atoms with E-state index in [1.54, 1.807) is 13.0 Å². The Morgan fingerprint density at radius 1 is 0.862 bits per heavy atom. The van der Waals surface area contributed by atoms with E-state index in [0.717, 1.165) is 18.8 Å². The van der Waals surface area contributed by atoms with E-state index in [4.69, 9.17) is 0 Å². The minimum atomic E-state index is -0.677. The lowest BCUT2D eigenvalue weighted by Crippen LogP contribution is -2.29. The molecule has 2 aromatic carbocycles. The van der Waals surface area contributed by atoms with Crippen LogP contribution in [0.3, 0.4) is 0 Å². The second-order valence-corrected chi connectivity index (χ2v) is 7.16. The van der Waals surface area contributed by atoms with Gasteiger partial charge in [0.25, 0.3) is 0 Å². The number of aromatic nitrogens is 2. The van der Waals surface area contributed by atoms with E-state index in [-0.39, 0.29) is 5.69 Å². The van der Waals surface area contributed by atoms with Gasteiger partial charge in [0.2, 0.25) is 5.95 Å². The Labute approximate surface area is 168 Å². The van der Waals surface area contributed by atoms with E-state index in [0.29, 0.717) is 17.5 Å². The highest BCUT2D eigenvalue weighted by atomic mass is 19.1. The van der Waals surface area contributed by atoms with Crippen LogP contribution >= 0.6 is 0 Å². The van der Waals surface area contributed by atoms with Crippen molar-refractivity contribution in [3.63, 3.8) is 0 Å². The summed E-state index contributed by atoms with van der Waals surface area (Å²) in [7, 11) is 0. The van der Waals surface area contributed by atoms with E-state index in [9.17, 15) is 8.78 Å². The van der Waals surface area contributed by atoms with Crippen molar-refractivity contribution in [1.29, 1.82) is 0 Å². The number of hydrogen-bond acceptors (Lipinski definition) is 5. The van der Waals surface area contributed by atoms with Crippen molar-refractivity contribution in [2.45, 2.75) is 26.2 Å². The van der Waals surface area contributed by atoms with Crippen LogP contribution in [0.15, 0.2) is 48.5 Å². The fraction of sp³-hybridized carbons (Fsp3) is 0.273. The maximum absolute atomic E-state index is 13.9. The quantitative estimate of drug-likeness (QED) is 0.594. The summed E-state index contributed by atoms with van der Waals surface area (Å²) in [5, 5.41) is 5.87. The van der Waals surface area contributed by atoms with Gasteiger partial charge in [-0.15, -0.1) is 0 Å². The molecular formula is C22H23F2N5. The number of anilines is 5. The van der Waals surface area contributed by atoms with Gasteiger partial charge in [-0.3, -0.25) is 0 Å². The molecule has 0 spiro atoms. The molecule has 1 aliphatic rings. The monoisotopic (exact) mass is 395 g/mol. The fourth-order valence-electron chi connectivity index (χ4n) is 3.47. The summed E-state index contributed by atoms with van der Waals surface area (Å²) in [6, 6.07) is 13.5. The highest BCUT2D eigenvalue weighted by molar-refractivity contribution is 5.62. The number of para-hydroxylation sites is 1. The average Bonchev–Trinajstić information content (AvgIpc) is 2.72. The first-order chi connectivity index (χ1) is 14.1. The van der Waals surface area contributed by atoms with Gasteiger partial charge in [-0.25, -0.2) is 13.8 Å². The molecule has 5 nitrogen and oxygen atoms in total. The molecule has 1 fully saturated rings. The van der Waals surface area contributed by atoms with Crippen molar-refractivity contribution >= 4 is 28.8 Å². The third kappa shape index (κ3) is 4.62. The molecule has 1 saturated heterocycles. The Morgan fingerprint density at radius 2 is 1.55 bits per heavy atom. The van der Waals surface area contributed by atoms with E-state index >= 15 is 0 Å². The largest absolute Gasteiger partial charge is 0.372 e. The number of nitrogens with one attached hydrogen (secondary N) is 2. The third-order valence-electron chi connectivity index (χ3n) is 4.91. The number of hydrogen-bond donors (Lipinski definition) is 2. The first-order valence-corrected chi connectivity index (χ1v) is 9.77. The van der Waals surface area contributed by atoms with Crippen LogP contribution in [0.25, 0.3) is 0 Å². The van der Waals surface area contributed by atoms with E-state index in [2.05, 4.69) is 37.6 Å². The lowest BCUT2D eigenvalue weighted by atomic mass is 10.1. The van der Waals surface area contributed by atoms with Gasteiger partial charge in [-0.1, -0.05) is 6.07 Å². The predicted molar refractivity (Wildman–Crippen MR) is 112 cm³/mol. The molecule has 2 heterocycles. The number of benzene rings is 2. The van der Waals surface area contributed by atoms with Crippen LogP contribution in [0, 0.1) is 18.6 Å². The van der Waals surface area contributed by atoms with Crippen LogP contribution in [0.4, 0.5) is 37.6 Å². The van der Waals surface area contributed by atoms with E-state index in [1.165, 1.54) is 43.1 Å². The van der Waals surface area contributed by atoms with Crippen molar-refractivity contribution < 1.29 is 8.78 Å². The molecule has 0 radical (unpaired) electrons. The lowest BCUT2D eigenvalue weighted by Gasteiger charge is -2.28. The summed E-state index contributed by atoms with van der Waals surface area (Å²) >= 11 is 0. The molecule has 0 aliphatic carbocycles. The molecule has 4 rings (SSSR count). The van der Waals surface area contributed by atoms with E-state index < -0.39 is 11.6 Å². The second-order valence-electron chi connectivity index (χ2n) is 7.16. The minimum absolute atomic E-state index is 0.234. The zero-order valence-corrected chi connectivity index (χ0v) is 16.3. The van der Waals surface area contributed by atoms with Gasteiger partial charge in [-0.05, 0) is 62.6 Å². The number of piperidine rings is 1. The van der Waals surface area contributed by atoms with Gasteiger partial charge < -0.3 is 15.5 Å². The molecule has 2 N–H and O–H groups in total. The van der Waals surface area contributed by atoms with Gasteiger partial charge >= 0.3 is 0 Å². The van der Waals surface area contributed by atoms with Crippen LogP contribution in [0.1, 0.15) is 25.0 Å². The first kappa shape index (κ1) is 19.1. The smallest absolute Gasteiger partial charge is 0.229 e. The summed E-state index contributed by atoms with van der Waals surface area (Å²) in [6.07, 6.45) is 3.76. The summed E-state index contributed by atoms with van der Waals surface area (Å²) in [5.41, 5.74) is 2.49. The zero-order valence-electron chi connectivity index (χ0n) is 16.3. The van der Waals surface area contributed by atoms with Crippen LogP contribution in [-0.4, -0.2) is 23.1 Å². The maximum atomic E-state index is 13.9. The summed E-state index contributed by atoms with van der Waals surface area (Å²) in [6.45, 7) is 3.99. The molecule has 1 aromatic heterocycles. The molecule has 29 heavy (non-hydrogen) atoms. The van der Waals surface area contributed by atoms with Gasteiger partial charge in [0.05, 0.1) is 0 Å². The first-order valence-electron chi connectivity index (χ1n) is 9.77. The summed E-state index contributed by atoms with van der Waals surface area (Å²) in [4.78, 5) is 11.1. The Morgan fingerprint density at radius 3 is 2.24 bits per heavy atom. The Hall–Kier alpha value is -3.22. The van der Waals surface area contributed by atoms with Gasteiger partial charge in [0.15, 0.2) is 0 Å². The lowest BCUT2D eigenvalue weighted by molar-refractivity contribution is 0.578. The molecule has 0 saturated carbocycles. The summed E-state index contributed by atoms with van der Waals surface area (Å²) in [5.74, 6) is -0.683. The molecular weight excluding hydrogens is 372 g/mol. The van der Waals surface area contributed by atoms with Crippen LogP contribution in [-0.2, 0) is 0 Å². The van der Waals surface area contributed by atoms with Crippen LogP contribution in [0.2, 0.25) is 0 Å². The minimum Gasteiger partial charge on any atom is -0.372 e. The molecule has 7 heteroatoms. The van der Waals surface area contributed by atoms with Gasteiger partial charge in [0, 0.05) is 36.2 Å². The van der Waals surface area contributed by atoms with Crippen molar-refractivity contribution in [3.8, 4) is 0 Å². The highest BCUT2D eigenvalue weighted by Crippen LogP contribution is 2.25. The van der Waals surface area contributed by atoms with Crippen molar-refractivity contribution in [2.24, 2.45) is 0 Å². The summed E-state index contributed by atoms with van der Waals surface area (Å²) < 4.78 is 27.8. The zero-order chi connectivity index (χ0) is 20.2. The fourth-order valence-corrected chi connectivity index (χ4v) is 3.47. The van der Waals surface area contributed by atoms with Gasteiger partial charge in [-0.2, -0.15) is 4.98 Å². The molecule has 0 unspecified atom stereocenters. The number of aryl methyl sites for hydroxylation is 1. The molecule has 0 atom stereocenters. The van der Waals surface area contributed by atoms with Crippen LogP contribution in [0.5, 0.6) is 0 Å². The third-order valence-corrected chi connectivity index (χ3v) is 4.91. The highest BCUT2D eigenvalue weighted by Gasteiger charge is 2.12. The Kier molecular flexibility index (Phi) is 5.55. The van der Waals surface area contributed by atoms with Crippen molar-refractivity contribution in [1.82, 2.24) is 9.97 Å². The van der Waals surface area contributed by atoms with Crippen LogP contribution < -0.4 is 15.5 Å².